The van der Waals surface area contributed by atoms with Gasteiger partial charge in [0.25, 0.3) is 0 Å². The zero-order chi connectivity index (χ0) is 16.0. The lowest BCUT2D eigenvalue weighted by molar-refractivity contribution is 0.0524. The van der Waals surface area contributed by atoms with Crippen LogP contribution in [0.4, 0.5) is 5.95 Å². The molecular weight excluding hydrogens is 268 g/mol. The smallest absolute Gasteiger partial charge is 0.341 e. The third kappa shape index (κ3) is 5.30. The average molecular weight is 294 g/mol. The number of carbonyl (C=O) groups excluding carboxylic acids is 1. The van der Waals surface area contributed by atoms with Crippen LogP contribution in [-0.4, -0.2) is 54.1 Å². The molecule has 0 saturated heterocycles. The number of nitrogens with zero attached hydrogens (tertiary/aromatic N) is 3. The van der Waals surface area contributed by atoms with Crippen molar-refractivity contribution in [2.45, 2.75) is 33.7 Å². The Morgan fingerprint density at radius 2 is 2.10 bits per heavy atom. The maximum atomic E-state index is 11.7. The Labute approximate surface area is 126 Å². The van der Waals surface area contributed by atoms with E-state index in [9.17, 15) is 4.79 Å². The van der Waals surface area contributed by atoms with Gasteiger partial charge < -0.3 is 15.0 Å². The molecule has 0 radical (unpaired) electrons. The van der Waals surface area contributed by atoms with E-state index in [1.54, 1.807) is 13.8 Å². The van der Waals surface area contributed by atoms with Gasteiger partial charge in [-0.05, 0) is 33.9 Å². The van der Waals surface area contributed by atoms with Gasteiger partial charge in [0, 0.05) is 18.8 Å². The highest BCUT2D eigenvalue weighted by Gasteiger charge is 2.17. The lowest BCUT2D eigenvalue weighted by Crippen LogP contribution is -2.37. The molecular formula is C15H26N4O2. The molecule has 118 valence electrons. The number of nitrogens with one attached hydrogen (secondary N) is 1. The molecule has 1 atom stereocenters. The molecule has 6 heteroatoms. The van der Waals surface area contributed by atoms with Gasteiger partial charge in [0.2, 0.25) is 5.95 Å². The number of aromatic nitrogens is 2. The first-order valence-corrected chi connectivity index (χ1v) is 7.27. The van der Waals surface area contributed by atoms with E-state index < -0.39 is 0 Å². The summed E-state index contributed by atoms with van der Waals surface area (Å²) in [5.74, 6) is 0.609. The fourth-order valence-electron chi connectivity index (χ4n) is 1.93. The van der Waals surface area contributed by atoms with Crippen LogP contribution < -0.4 is 5.32 Å². The van der Waals surface area contributed by atoms with Crippen LogP contribution in [0.1, 0.15) is 36.8 Å². The molecule has 0 spiro atoms. The largest absolute Gasteiger partial charge is 0.462 e. The van der Waals surface area contributed by atoms with E-state index in [-0.39, 0.29) is 12.0 Å². The Bertz CT molecular complexity index is 475. The van der Waals surface area contributed by atoms with E-state index in [1.165, 1.54) is 6.20 Å². The zero-order valence-electron chi connectivity index (χ0n) is 13.8. The zero-order valence-corrected chi connectivity index (χ0v) is 13.8. The molecule has 6 nitrogen and oxygen atoms in total. The minimum atomic E-state index is -0.379. The van der Waals surface area contributed by atoms with Crippen LogP contribution in [0.5, 0.6) is 0 Å². The molecule has 21 heavy (non-hydrogen) atoms. The summed E-state index contributed by atoms with van der Waals surface area (Å²) >= 11 is 0. The van der Waals surface area contributed by atoms with E-state index in [0.29, 0.717) is 29.7 Å². The molecule has 1 aromatic rings. The van der Waals surface area contributed by atoms with E-state index >= 15 is 0 Å². The molecule has 0 fully saturated rings. The second kappa shape index (κ2) is 7.93. The molecule has 1 rings (SSSR count). The van der Waals surface area contributed by atoms with E-state index in [0.717, 1.165) is 6.54 Å². The summed E-state index contributed by atoms with van der Waals surface area (Å²) in [5.41, 5.74) is 1.04. The van der Waals surface area contributed by atoms with Gasteiger partial charge in [0.15, 0.2) is 0 Å². The minimum absolute atomic E-state index is 0.243. The van der Waals surface area contributed by atoms with Gasteiger partial charge in [0.05, 0.1) is 17.9 Å². The topological polar surface area (TPSA) is 67.3 Å². The molecule has 1 aromatic heterocycles. The molecule has 1 heterocycles. The molecule has 0 aromatic carbocycles. The van der Waals surface area contributed by atoms with E-state index in [1.807, 2.05) is 14.1 Å². The fourth-order valence-corrected chi connectivity index (χ4v) is 1.93. The van der Waals surface area contributed by atoms with Crippen molar-refractivity contribution in [3.63, 3.8) is 0 Å². The van der Waals surface area contributed by atoms with Gasteiger partial charge in [-0.15, -0.1) is 0 Å². The highest BCUT2D eigenvalue weighted by atomic mass is 16.5. The van der Waals surface area contributed by atoms with Crippen molar-refractivity contribution in [1.29, 1.82) is 0 Å². The van der Waals surface area contributed by atoms with Crippen LogP contribution in [0.3, 0.4) is 0 Å². The number of carbonyl (C=O) groups is 1. The predicted molar refractivity (Wildman–Crippen MR) is 83.5 cm³/mol. The average Bonchev–Trinajstić information content (AvgIpc) is 2.37. The molecule has 0 aliphatic rings. The lowest BCUT2D eigenvalue weighted by atomic mass is 10.0. The first-order chi connectivity index (χ1) is 9.85. The number of rotatable bonds is 7. The number of aryl methyl sites for hydroxylation is 1. The van der Waals surface area contributed by atoms with Crippen LogP contribution in [-0.2, 0) is 4.74 Å². The molecule has 0 aliphatic heterocycles. The normalized spacial score (nSPS) is 12.6. The Morgan fingerprint density at radius 1 is 1.43 bits per heavy atom. The van der Waals surface area contributed by atoms with Crippen molar-refractivity contribution < 1.29 is 9.53 Å². The molecule has 0 saturated carbocycles. The number of ether oxygens (including phenoxy) is 1. The molecule has 1 unspecified atom stereocenters. The molecule has 0 aliphatic carbocycles. The SMILES string of the molecule is CCOC(=O)c1cnc(NC(CN(C)C)C(C)C)nc1C. The fraction of sp³-hybridized carbons (Fsp3) is 0.667. The Hall–Kier alpha value is -1.69. The Morgan fingerprint density at radius 3 is 2.57 bits per heavy atom. The number of hydrogen-bond acceptors (Lipinski definition) is 6. The maximum Gasteiger partial charge on any atom is 0.341 e. The lowest BCUT2D eigenvalue weighted by Gasteiger charge is -2.25. The summed E-state index contributed by atoms with van der Waals surface area (Å²) in [6.07, 6.45) is 1.52. The first-order valence-electron chi connectivity index (χ1n) is 7.27. The van der Waals surface area contributed by atoms with Gasteiger partial charge in [-0.25, -0.2) is 14.8 Å². The molecule has 1 N–H and O–H groups in total. The monoisotopic (exact) mass is 294 g/mol. The summed E-state index contributed by atoms with van der Waals surface area (Å²) in [5, 5.41) is 3.33. The van der Waals surface area contributed by atoms with Gasteiger partial charge in [0.1, 0.15) is 0 Å². The Kier molecular flexibility index (Phi) is 6.55. The second-order valence-corrected chi connectivity index (χ2v) is 5.67. The summed E-state index contributed by atoms with van der Waals surface area (Å²) < 4.78 is 4.97. The van der Waals surface area contributed by atoms with Crippen molar-refractivity contribution >= 4 is 11.9 Å². The van der Waals surface area contributed by atoms with Gasteiger partial charge in [-0.3, -0.25) is 0 Å². The van der Waals surface area contributed by atoms with Crippen LogP contribution >= 0.6 is 0 Å². The summed E-state index contributed by atoms with van der Waals surface area (Å²) in [4.78, 5) is 22.4. The summed E-state index contributed by atoms with van der Waals surface area (Å²) in [6.45, 7) is 9.10. The minimum Gasteiger partial charge on any atom is -0.462 e. The number of anilines is 1. The van der Waals surface area contributed by atoms with Gasteiger partial charge in [-0.2, -0.15) is 0 Å². The number of esters is 1. The van der Waals surface area contributed by atoms with Crippen molar-refractivity contribution in [3.8, 4) is 0 Å². The quantitative estimate of drug-likeness (QED) is 0.775. The van der Waals surface area contributed by atoms with Gasteiger partial charge in [-0.1, -0.05) is 13.8 Å². The van der Waals surface area contributed by atoms with Crippen molar-refractivity contribution in [2.75, 3.05) is 32.6 Å². The van der Waals surface area contributed by atoms with E-state index in [4.69, 9.17) is 4.74 Å². The van der Waals surface area contributed by atoms with Crippen LogP contribution in [0.15, 0.2) is 6.20 Å². The van der Waals surface area contributed by atoms with Crippen LogP contribution in [0, 0.1) is 12.8 Å². The number of hydrogen-bond donors (Lipinski definition) is 1. The summed E-state index contributed by atoms with van der Waals surface area (Å²) in [7, 11) is 4.07. The van der Waals surface area contributed by atoms with Crippen LogP contribution in [0.25, 0.3) is 0 Å². The van der Waals surface area contributed by atoms with E-state index in [2.05, 4.69) is 34.0 Å². The number of likely N-dealkylation sites (N-methyl/N-ethyl adjacent to an activating group) is 1. The third-order valence-electron chi connectivity index (χ3n) is 3.16. The predicted octanol–water partition coefficient (Wildman–Crippen LogP) is 1.96. The molecule has 0 amide bonds. The third-order valence-corrected chi connectivity index (χ3v) is 3.16. The van der Waals surface area contributed by atoms with Crippen LogP contribution in [0.2, 0.25) is 0 Å². The highest BCUT2D eigenvalue weighted by Crippen LogP contribution is 2.12. The summed E-state index contributed by atoms with van der Waals surface area (Å²) in [6, 6.07) is 0.243. The van der Waals surface area contributed by atoms with Gasteiger partial charge >= 0.3 is 5.97 Å². The standard InChI is InChI=1S/C15H26N4O2/c1-7-21-14(20)12-8-16-15(17-11(12)4)18-13(10(2)3)9-19(5)6/h8,10,13H,7,9H2,1-6H3,(H,16,17,18). The maximum absolute atomic E-state index is 11.7. The van der Waals surface area contributed by atoms with Crippen molar-refractivity contribution in [1.82, 2.24) is 14.9 Å². The van der Waals surface area contributed by atoms with Crippen molar-refractivity contribution in [2.24, 2.45) is 5.92 Å². The molecule has 0 bridgehead atoms. The Balaban J connectivity index is 2.85. The second-order valence-electron chi connectivity index (χ2n) is 5.67. The first kappa shape index (κ1) is 17.4. The van der Waals surface area contributed by atoms with Crippen molar-refractivity contribution in [3.05, 3.63) is 17.5 Å². The highest BCUT2D eigenvalue weighted by molar-refractivity contribution is 5.90.